The van der Waals surface area contributed by atoms with Gasteiger partial charge in [0.25, 0.3) is 0 Å². The molecule has 4 rings (SSSR count). The molecule has 1 fully saturated rings. The quantitative estimate of drug-likeness (QED) is 0.575. The predicted octanol–water partition coefficient (Wildman–Crippen LogP) is 2.22. The number of likely N-dealkylation sites (tertiary alicyclic amines) is 1. The standard InChI is InChI=1S/C22H29N7O4/c1-22(2,3)33-21(31)29-9-7-15(12-29)32-20-17-19(25-13-26-20)28(4)18(27-17)14-5-6-16(24-11-14)23-8-10-30/h5-6,11,13,15,30H,7-10,12H2,1-4H3,(H,23,24)/t15-/m0/s1. The van der Waals surface area contributed by atoms with E-state index < -0.39 is 5.60 Å². The zero-order valence-electron chi connectivity index (χ0n) is 19.3. The summed E-state index contributed by atoms with van der Waals surface area (Å²) < 4.78 is 13.5. The summed E-state index contributed by atoms with van der Waals surface area (Å²) in [5.74, 6) is 1.73. The first-order valence-electron chi connectivity index (χ1n) is 10.9. The zero-order chi connectivity index (χ0) is 23.6. The minimum atomic E-state index is -0.541. The highest BCUT2D eigenvalue weighted by Gasteiger charge is 2.31. The fourth-order valence-electron chi connectivity index (χ4n) is 3.61. The summed E-state index contributed by atoms with van der Waals surface area (Å²) in [5, 5.41) is 12.0. The number of hydrogen-bond donors (Lipinski definition) is 2. The van der Waals surface area contributed by atoms with Gasteiger partial charge in [-0.05, 0) is 32.9 Å². The molecule has 11 nitrogen and oxygen atoms in total. The molecular formula is C22H29N7O4. The number of nitrogens with zero attached hydrogens (tertiary/aromatic N) is 6. The third kappa shape index (κ3) is 5.14. The van der Waals surface area contributed by atoms with Crippen LogP contribution in [-0.2, 0) is 11.8 Å². The monoisotopic (exact) mass is 455 g/mol. The lowest BCUT2D eigenvalue weighted by Crippen LogP contribution is -2.36. The number of ether oxygens (including phenoxy) is 2. The maximum Gasteiger partial charge on any atom is 0.410 e. The van der Waals surface area contributed by atoms with Crippen LogP contribution in [0.1, 0.15) is 27.2 Å². The number of aliphatic hydroxyl groups is 1. The average molecular weight is 456 g/mol. The molecule has 176 valence electrons. The van der Waals surface area contributed by atoms with Crippen molar-refractivity contribution in [3.05, 3.63) is 24.7 Å². The summed E-state index contributed by atoms with van der Waals surface area (Å²) >= 11 is 0. The van der Waals surface area contributed by atoms with Crippen molar-refractivity contribution in [2.45, 2.75) is 38.9 Å². The molecule has 0 aliphatic carbocycles. The van der Waals surface area contributed by atoms with E-state index >= 15 is 0 Å². The summed E-state index contributed by atoms with van der Waals surface area (Å²) in [6, 6.07) is 3.73. The van der Waals surface area contributed by atoms with Crippen molar-refractivity contribution in [2.75, 3.05) is 31.6 Å². The van der Waals surface area contributed by atoms with E-state index in [0.717, 1.165) is 5.56 Å². The van der Waals surface area contributed by atoms with Crippen LogP contribution in [0.25, 0.3) is 22.6 Å². The van der Waals surface area contributed by atoms with Gasteiger partial charge in [-0.25, -0.2) is 19.7 Å². The third-order valence-electron chi connectivity index (χ3n) is 5.14. The Balaban J connectivity index is 1.51. The van der Waals surface area contributed by atoms with Gasteiger partial charge >= 0.3 is 6.09 Å². The number of anilines is 1. The van der Waals surface area contributed by atoms with E-state index in [-0.39, 0.29) is 18.8 Å². The number of hydrogen-bond acceptors (Lipinski definition) is 9. The van der Waals surface area contributed by atoms with Crippen LogP contribution in [0.4, 0.5) is 10.6 Å². The number of pyridine rings is 1. The summed E-state index contributed by atoms with van der Waals surface area (Å²) in [7, 11) is 1.87. The van der Waals surface area contributed by atoms with Crippen LogP contribution >= 0.6 is 0 Å². The van der Waals surface area contributed by atoms with E-state index in [1.807, 2.05) is 44.5 Å². The lowest BCUT2D eigenvalue weighted by molar-refractivity contribution is 0.0275. The molecule has 2 N–H and O–H groups in total. The van der Waals surface area contributed by atoms with Crippen molar-refractivity contribution in [2.24, 2.45) is 7.05 Å². The summed E-state index contributed by atoms with van der Waals surface area (Å²) in [6.07, 6.45) is 3.29. The number of rotatable bonds is 6. The SMILES string of the molecule is Cn1c(-c2ccc(NCCO)nc2)nc2c(O[C@H]3CCN(C(=O)OC(C)(C)C)C3)ncnc21. The lowest BCUT2D eigenvalue weighted by atomic mass is 10.2. The molecule has 11 heteroatoms. The Hall–Kier alpha value is -3.47. The topological polar surface area (TPSA) is 128 Å². The molecule has 33 heavy (non-hydrogen) atoms. The van der Waals surface area contributed by atoms with E-state index in [4.69, 9.17) is 19.6 Å². The van der Waals surface area contributed by atoms with Crippen molar-refractivity contribution >= 4 is 23.1 Å². The molecule has 3 aromatic heterocycles. The van der Waals surface area contributed by atoms with Gasteiger partial charge in [-0.15, -0.1) is 0 Å². The molecule has 0 unspecified atom stereocenters. The molecular weight excluding hydrogens is 426 g/mol. The number of fused-ring (bicyclic) bond motifs is 1. The van der Waals surface area contributed by atoms with Crippen molar-refractivity contribution in [1.82, 2.24) is 29.4 Å². The van der Waals surface area contributed by atoms with Gasteiger partial charge in [-0.1, -0.05) is 0 Å². The predicted molar refractivity (Wildman–Crippen MR) is 122 cm³/mol. The minimum absolute atomic E-state index is 0.0339. The van der Waals surface area contributed by atoms with E-state index in [1.165, 1.54) is 6.33 Å². The fraction of sp³-hybridized carbons (Fsp3) is 0.500. The van der Waals surface area contributed by atoms with E-state index in [0.29, 0.717) is 54.7 Å². The second-order valence-electron chi connectivity index (χ2n) is 8.88. The normalized spacial score (nSPS) is 16.3. The Morgan fingerprint density at radius 2 is 2.09 bits per heavy atom. The van der Waals surface area contributed by atoms with Gasteiger partial charge in [0.1, 0.15) is 29.7 Å². The number of aromatic nitrogens is 5. The molecule has 1 aliphatic heterocycles. The van der Waals surface area contributed by atoms with Crippen LogP contribution in [0, 0.1) is 0 Å². The van der Waals surface area contributed by atoms with Crippen molar-refractivity contribution in [3.8, 4) is 17.3 Å². The van der Waals surface area contributed by atoms with Crippen LogP contribution in [0.5, 0.6) is 5.88 Å². The van der Waals surface area contributed by atoms with Crippen LogP contribution < -0.4 is 10.1 Å². The highest BCUT2D eigenvalue weighted by atomic mass is 16.6. The molecule has 1 aliphatic rings. The highest BCUT2D eigenvalue weighted by Crippen LogP contribution is 2.28. The average Bonchev–Trinajstić information content (AvgIpc) is 3.37. The summed E-state index contributed by atoms with van der Waals surface area (Å²) in [5.41, 5.74) is 1.46. The number of imidazole rings is 1. The van der Waals surface area contributed by atoms with Gasteiger partial charge in [0.05, 0.1) is 13.2 Å². The van der Waals surface area contributed by atoms with Gasteiger partial charge in [0, 0.05) is 38.3 Å². The Morgan fingerprint density at radius 3 is 2.79 bits per heavy atom. The molecule has 4 heterocycles. The van der Waals surface area contributed by atoms with Crippen LogP contribution in [0.15, 0.2) is 24.7 Å². The molecule has 0 spiro atoms. The lowest BCUT2D eigenvalue weighted by Gasteiger charge is -2.24. The number of aliphatic hydroxyl groups excluding tert-OH is 1. The molecule has 1 atom stereocenters. The number of carbonyl (C=O) groups excluding carboxylic acids is 1. The first-order chi connectivity index (χ1) is 15.7. The largest absolute Gasteiger partial charge is 0.471 e. The van der Waals surface area contributed by atoms with Crippen LogP contribution in [0.2, 0.25) is 0 Å². The van der Waals surface area contributed by atoms with E-state index in [2.05, 4.69) is 20.3 Å². The zero-order valence-corrected chi connectivity index (χ0v) is 19.3. The van der Waals surface area contributed by atoms with Gasteiger partial charge in [0.2, 0.25) is 5.88 Å². The van der Waals surface area contributed by atoms with Crippen molar-refractivity contribution in [3.63, 3.8) is 0 Å². The molecule has 3 aromatic rings. The number of nitrogens with one attached hydrogen (secondary N) is 1. The second-order valence-corrected chi connectivity index (χ2v) is 8.88. The van der Waals surface area contributed by atoms with Gasteiger partial charge in [0.15, 0.2) is 11.2 Å². The maximum absolute atomic E-state index is 12.3. The molecule has 0 saturated carbocycles. The number of carbonyl (C=O) groups is 1. The number of amides is 1. The van der Waals surface area contributed by atoms with E-state index in [9.17, 15) is 4.79 Å². The van der Waals surface area contributed by atoms with Crippen LogP contribution in [0.3, 0.4) is 0 Å². The first kappa shape index (κ1) is 22.7. The minimum Gasteiger partial charge on any atom is -0.471 e. The Bertz CT molecular complexity index is 1120. The maximum atomic E-state index is 12.3. The van der Waals surface area contributed by atoms with Gasteiger partial charge < -0.3 is 29.4 Å². The molecule has 1 saturated heterocycles. The Kier molecular flexibility index (Phi) is 6.32. The number of aryl methyl sites for hydroxylation is 1. The van der Waals surface area contributed by atoms with Gasteiger partial charge in [-0.2, -0.15) is 4.98 Å². The Morgan fingerprint density at radius 1 is 1.27 bits per heavy atom. The van der Waals surface area contributed by atoms with Crippen molar-refractivity contribution in [1.29, 1.82) is 0 Å². The fourth-order valence-corrected chi connectivity index (χ4v) is 3.61. The Labute approximate surface area is 191 Å². The first-order valence-corrected chi connectivity index (χ1v) is 10.9. The molecule has 0 bridgehead atoms. The summed E-state index contributed by atoms with van der Waals surface area (Å²) in [4.78, 5) is 31.8. The van der Waals surface area contributed by atoms with Crippen molar-refractivity contribution < 1.29 is 19.4 Å². The molecule has 0 aromatic carbocycles. The van der Waals surface area contributed by atoms with Crippen LogP contribution in [-0.4, -0.2) is 78.5 Å². The summed E-state index contributed by atoms with van der Waals surface area (Å²) in [6.45, 7) is 6.99. The molecule has 1 amide bonds. The smallest absolute Gasteiger partial charge is 0.410 e. The van der Waals surface area contributed by atoms with Gasteiger partial charge in [-0.3, -0.25) is 0 Å². The molecule has 0 radical (unpaired) electrons. The third-order valence-corrected chi connectivity index (χ3v) is 5.14. The second kappa shape index (κ2) is 9.18. The highest BCUT2D eigenvalue weighted by molar-refractivity contribution is 5.81. The van der Waals surface area contributed by atoms with E-state index in [1.54, 1.807) is 11.1 Å².